The molecule has 0 radical (unpaired) electrons. The summed E-state index contributed by atoms with van der Waals surface area (Å²) in [5.41, 5.74) is 8.88. The van der Waals surface area contributed by atoms with Crippen molar-refractivity contribution in [2.45, 2.75) is 13.0 Å². The third-order valence-electron chi connectivity index (χ3n) is 5.68. The van der Waals surface area contributed by atoms with Crippen LogP contribution in [0.1, 0.15) is 28.9 Å². The van der Waals surface area contributed by atoms with Crippen molar-refractivity contribution in [3.05, 3.63) is 75.8 Å². The van der Waals surface area contributed by atoms with Crippen LogP contribution in [0.5, 0.6) is 5.75 Å². The van der Waals surface area contributed by atoms with E-state index in [1.54, 1.807) is 31.5 Å². The fraction of sp³-hybridized carbons (Fsp3) is 0.231. The Hall–Kier alpha value is -3.33. The van der Waals surface area contributed by atoms with Crippen molar-refractivity contribution in [2.24, 2.45) is 0 Å². The monoisotopic (exact) mass is 530 g/mol. The average molecular weight is 531 g/mol. The van der Waals surface area contributed by atoms with Crippen LogP contribution in [0.2, 0.25) is 10.0 Å². The number of anilines is 1. The Morgan fingerprint density at radius 1 is 1.22 bits per heavy atom. The van der Waals surface area contributed by atoms with Crippen molar-refractivity contribution in [1.82, 2.24) is 15.2 Å². The molecule has 2 aromatic heterocycles. The number of benzene rings is 2. The third kappa shape index (κ3) is 5.26. The Balaban J connectivity index is 1.61. The molecule has 7 nitrogen and oxygen atoms in total. The molecule has 0 unspecified atom stereocenters. The van der Waals surface area contributed by atoms with E-state index in [4.69, 9.17) is 38.1 Å². The average Bonchev–Trinajstić information content (AvgIpc) is 3.27. The van der Waals surface area contributed by atoms with Crippen LogP contribution in [0.3, 0.4) is 0 Å². The zero-order valence-electron chi connectivity index (χ0n) is 19.9. The quantitative estimate of drug-likeness (QED) is 0.273. The number of aromatic nitrogens is 1. The maximum absolute atomic E-state index is 14.0. The van der Waals surface area contributed by atoms with Crippen molar-refractivity contribution in [3.8, 4) is 16.9 Å². The fourth-order valence-electron chi connectivity index (χ4n) is 3.76. The largest absolute Gasteiger partial charge is 0.478 e. The summed E-state index contributed by atoms with van der Waals surface area (Å²) in [4.78, 5) is 18.6. The van der Waals surface area contributed by atoms with Gasteiger partial charge in [-0.3, -0.25) is 4.79 Å². The molecule has 2 aromatic carbocycles. The predicted octanol–water partition coefficient (Wildman–Crippen LogP) is 5.95. The Morgan fingerprint density at radius 2 is 1.94 bits per heavy atom. The van der Waals surface area contributed by atoms with E-state index in [0.29, 0.717) is 28.6 Å². The molecule has 0 fully saturated rings. The van der Waals surface area contributed by atoms with Gasteiger partial charge in [-0.25, -0.2) is 9.37 Å². The van der Waals surface area contributed by atoms with Gasteiger partial charge in [0.15, 0.2) is 11.4 Å². The topological polar surface area (TPSA) is 93.6 Å². The number of likely N-dealkylation sites (N-methyl/N-ethyl adjacent to an activating group) is 1. The number of carbonyl (C=O) groups excluding carboxylic acids is 1. The highest BCUT2D eigenvalue weighted by molar-refractivity contribution is 6.36. The Kier molecular flexibility index (Phi) is 7.68. The number of nitrogens with one attached hydrogen (secondary N) is 1. The number of halogens is 3. The second kappa shape index (κ2) is 10.7. The van der Waals surface area contributed by atoms with Crippen LogP contribution in [0.25, 0.3) is 22.1 Å². The van der Waals surface area contributed by atoms with Crippen molar-refractivity contribution >= 4 is 45.9 Å². The number of ether oxygens (including phenoxy) is 1. The van der Waals surface area contributed by atoms with Gasteiger partial charge in [-0.05, 0) is 50.8 Å². The van der Waals surface area contributed by atoms with Gasteiger partial charge in [-0.15, -0.1) is 0 Å². The molecule has 0 spiro atoms. The third-order valence-corrected chi connectivity index (χ3v) is 6.40. The molecule has 0 aliphatic heterocycles. The summed E-state index contributed by atoms with van der Waals surface area (Å²) in [6.07, 6.45) is 2.41. The molecule has 2 heterocycles. The smallest absolute Gasteiger partial charge is 0.251 e. The minimum absolute atomic E-state index is 0.101. The van der Waals surface area contributed by atoms with Gasteiger partial charge in [0.05, 0.1) is 16.7 Å². The van der Waals surface area contributed by atoms with Gasteiger partial charge < -0.3 is 25.1 Å². The standard InChI is InChI=1S/C26H25Cl2FN4O3/c1-14(21-19(27)8-9-20(29)22(21)28)36-24-23-17(12-32-25(24)30)18(13-35-23)15-4-6-16(7-5-15)26(34)31-10-11-33(2)3/h4-9,12-14H,10-11H2,1-3H3,(H2,30,32)(H,31,34)/t14-/m1/s1. The van der Waals surface area contributed by atoms with Crippen LogP contribution in [-0.2, 0) is 0 Å². The summed E-state index contributed by atoms with van der Waals surface area (Å²) in [5.74, 6) is -0.455. The number of furan rings is 1. The molecule has 3 N–H and O–H groups in total. The summed E-state index contributed by atoms with van der Waals surface area (Å²) < 4.78 is 25.9. The maximum Gasteiger partial charge on any atom is 0.251 e. The number of nitrogens with zero attached hydrogens (tertiary/aromatic N) is 2. The summed E-state index contributed by atoms with van der Waals surface area (Å²) in [7, 11) is 3.89. The minimum Gasteiger partial charge on any atom is -0.478 e. The minimum atomic E-state index is -0.741. The van der Waals surface area contributed by atoms with Crippen LogP contribution < -0.4 is 15.8 Å². The number of nitrogen functional groups attached to an aromatic ring is 1. The lowest BCUT2D eigenvalue weighted by atomic mass is 10.0. The zero-order chi connectivity index (χ0) is 26.0. The van der Waals surface area contributed by atoms with Gasteiger partial charge >= 0.3 is 0 Å². The van der Waals surface area contributed by atoms with Gasteiger partial charge in [0.1, 0.15) is 11.9 Å². The van der Waals surface area contributed by atoms with Gasteiger partial charge in [0, 0.05) is 41.0 Å². The first-order valence-electron chi connectivity index (χ1n) is 11.2. The Morgan fingerprint density at radius 3 is 2.64 bits per heavy atom. The van der Waals surface area contributed by atoms with Crippen LogP contribution in [0, 0.1) is 5.82 Å². The first-order valence-corrected chi connectivity index (χ1v) is 11.9. The van der Waals surface area contributed by atoms with E-state index in [0.717, 1.165) is 17.7 Å². The van der Waals surface area contributed by atoms with E-state index >= 15 is 0 Å². The lowest BCUT2D eigenvalue weighted by molar-refractivity contribution is 0.0951. The number of fused-ring (bicyclic) bond motifs is 1. The molecular formula is C26H25Cl2FN4O3. The molecular weight excluding hydrogens is 506 g/mol. The summed E-state index contributed by atoms with van der Waals surface area (Å²) >= 11 is 12.4. The molecule has 0 saturated carbocycles. The number of carbonyl (C=O) groups is 1. The second-order valence-corrected chi connectivity index (χ2v) is 9.30. The Bertz CT molecular complexity index is 1410. The summed E-state index contributed by atoms with van der Waals surface area (Å²) in [5, 5.41) is 3.68. The SMILES string of the molecule is C[C@@H](Oc1c(N)ncc2c(-c3ccc(C(=O)NCCN(C)C)cc3)coc12)c1c(Cl)ccc(F)c1Cl. The molecule has 4 rings (SSSR count). The number of amides is 1. The fourth-order valence-corrected chi connectivity index (χ4v) is 4.44. The molecule has 1 atom stereocenters. The van der Waals surface area contributed by atoms with Crippen LogP contribution in [0.15, 0.2) is 53.3 Å². The van der Waals surface area contributed by atoms with Gasteiger partial charge in [0.2, 0.25) is 5.75 Å². The molecule has 1 amide bonds. The van der Waals surface area contributed by atoms with E-state index in [2.05, 4.69) is 10.3 Å². The molecule has 10 heteroatoms. The van der Waals surface area contributed by atoms with Crippen LogP contribution in [0.4, 0.5) is 10.2 Å². The first-order chi connectivity index (χ1) is 17.2. The maximum atomic E-state index is 14.0. The van der Waals surface area contributed by atoms with Gasteiger partial charge in [-0.1, -0.05) is 35.3 Å². The van der Waals surface area contributed by atoms with Crippen LogP contribution >= 0.6 is 23.2 Å². The lowest BCUT2D eigenvalue weighted by Crippen LogP contribution is -2.31. The highest BCUT2D eigenvalue weighted by Crippen LogP contribution is 2.41. The van der Waals surface area contributed by atoms with E-state index in [9.17, 15) is 9.18 Å². The molecule has 0 aliphatic carbocycles. The van der Waals surface area contributed by atoms with Crippen molar-refractivity contribution in [2.75, 3.05) is 32.9 Å². The first kappa shape index (κ1) is 25.8. The molecule has 188 valence electrons. The number of hydrogen-bond donors (Lipinski definition) is 2. The second-order valence-electron chi connectivity index (χ2n) is 8.52. The number of nitrogens with two attached hydrogens (primary N) is 1. The molecule has 0 aliphatic rings. The van der Waals surface area contributed by atoms with E-state index in [-0.39, 0.29) is 27.5 Å². The summed E-state index contributed by atoms with van der Waals surface area (Å²) in [6, 6.07) is 9.76. The van der Waals surface area contributed by atoms with Gasteiger partial charge in [-0.2, -0.15) is 0 Å². The van der Waals surface area contributed by atoms with Gasteiger partial charge in [0.25, 0.3) is 5.91 Å². The zero-order valence-corrected chi connectivity index (χ0v) is 21.5. The number of pyridine rings is 1. The van der Waals surface area contributed by atoms with Crippen LogP contribution in [-0.4, -0.2) is 43.0 Å². The highest BCUT2D eigenvalue weighted by atomic mass is 35.5. The van der Waals surface area contributed by atoms with E-state index < -0.39 is 11.9 Å². The molecule has 0 bridgehead atoms. The highest BCUT2D eigenvalue weighted by Gasteiger charge is 2.23. The number of rotatable bonds is 8. The molecule has 4 aromatic rings. The van der Waals surface area contributed by atoms with E-state index in [1.165, 1.54) is 12.1 Å². The predicted molar refractivity (Wildman–Crippen MR) is 140 cm³/mol. The lowest BCUT2D eigenvalue weighted by Gasteiger charge is -2.18. The summed E-state index contributed by atoms with van der Waals surface area (Å²) in [6.45, 7) is 2.98. The molecule has 0 saturated heterocycles. The number of hydrogen-bond acceptors (Lipinski definition) is 6. The van der Waals surface area contributed by atoms with Crippen molar-refractivity contribution < 1.29 is 18.3 Å². The van der Waals surface area contributed by atoms with Crippen molar-refractivity contribution in [1.29, 1.82) is 0 Å². The molecule has 36 heavy (non-hydrogen) atoms. The van der Waals surface area contributed by atoms with Crippen molar-refractivity contribution in [3.63, 3.8) is 0 Å². The normalized spacial score (nSPS) is 12.2. The Labute approximate surface area is 217 Å². The van der Waals surface area contributed by atoms with E-state index in [1.807, 2.05) is 31.1 Å².